The third kappa shape index (κ3) is 4.54. The van der Waals surface area contributed by atoms with Gasteiger partial charge in [0.15, 0.2) is 0 Å². The molecule has 6 heteroatoms. The van der Waals surface area contributed by atoms with E-state index in [4.69, 9.17) is 9.47 Å². The smallest absolute Gasteiger partial charge is 0.328 e. The van der Waals surface area contributed by atoms with Crippen molar-refractivity contribution < 1.29 is 19.1 Å². The lowest BCUT2D eigenvalue weighted by molar-refractivity contribution is -0.146. The van der Waals surface area contributed by atoms with Gasteiger partial charge in [-0.25, -0.2) is 4.79 Å². The predicted molar refractivity (Wildman–Crippen MR) is 80.8 cm³/mol. The fourth-order valence-corrected chi connectivity index (χ4v) is 2.73. The van der Waals surface area contributed by atoms with Gasteiger partial charge in [0.25, 0.3) is 0 Å². The minimum Gasteiger partial charge on any atom is -0.467 e. The topological polar surface area (TPSA) is 64.6 Å². The molecule has 1 heterocycles. The second-order valence-corrected chi connectivity index (χ2v) is 5.84. The highest BCUT2D eigenvalue weighted by atomic mass is 79.9. The van der Waals surface area contributed by atoms with Crippen LogP contribution < -0.4 is 5.32 Å². The zero-order chi connectivity index (χ0) is 15.2. The molecule has 0 radical (unpaired) electrons. The number of rotatable bonds is 5. The standard InChI is InChI=1S/C15H18BrNO4/c1-20-15(19)12(9-10-4-2-5-11(16)8-10)17-14(18)13-6-3-7-21-13/h2,4-5,8,12-13H,3,6-7,9H2,1H3,(H,17,18)/t12-,13+/m0/s1. The van der Waals surface area contributed by atoms with Crippen molar-refractivity contribution in [2.75, 3.05) is 13.7 Å². The second-order valence-electron chi connectivity index (χ2n) is 4.92. The third-order valence-corrected chi connectivity index (χ3v) is 3.85. The molecule has 1 aromatic carbocycles. The van der Waals surface area contributed by atoms with Gasteiger partial charge in [-0.15, -0.1) is 0 Å². The van der Waals surface area contributed by atoms with Gasteiger partial charge >= 0.3 is 5.97 Å². The molecule has 2 atom stereocenters. The molecule has 1 amide bonds. The first-order chi connectivity index (χ1) is 10.1. The Morgan fingerprint density at radius 2 is 2.33 bits per heavy atom. The number of amides is 1. The molecule has 114 valence electrons. The fourth-order valence-electron chi connectivity index (χ4n) is 2.28. The van der Waals surface area contributed by atoms with E-state index < -0.39 is 18.1 Å². The van der Waals surface area contributed by atoms with Crippen LogP contribution in [0.25, 0.3) is 0 Å². The first kappa shape index (κ1) is 16.0. The van der Waals surface area contributed by atoms with Gasteiger partial charge in [-0.3, -0.25) is 4.79 Å². The van der Waals surface area contributed by atoms with Crippen molar-refractivity contribution in [1.82, 2.24) is 5.32 Å². The molecule has 0 saturated carbocycles. The molecule has 1 aromatic rings. The molecule has 1 fully saturated rings. The summed E-state index contributed by atoms with van der Waals surface area (Å²) in [6.07, 6.45) is 1.48. The molecule has 1 aliphatic heterocycles. The Bertz CT molecular complexity index is 514. The Balaban J connectivity index is 2.03. The first-order valence-corrected chi connectivity index (χ1v) is 7.63. The SMILES string of the molecule is COC(=O)[C@H](Cc1cccc(Br)c1)NC(=O)[C@H]1CCCO1. The number of esters is 1. The molecule has 0 aromatic heterocycles. The summed E-state index contributed by atoms with van der Waals surface area (Å²) in [6, 6.07) is 6.89. The maximum absolute atomic E-state index is 12.1. The number of benzene rings is 1. The zero-order valence-corrected chi connectivity index (χ0v) is 13.4. The summed E-state index contributed by atoms with van der Waals surface area (Å²) in [7, 11) is 1.31. The highest BCUT2D eigenvalue weighted by molar-refractivity contribution is 9.10. The molecule has 0 bridgehead atoms. The van der Waals surface area contributed by atoms with Gasteiger partial charge in [0.1, 0.15) is 12.1 Å². The number of methoxy groups -OCH3 is 1. The second kappa shape index (κ2) is 7.56. The van der Waals surface area contributed by atoms with Crippen molar-refractivity contribution in [3.05, 3.63) is 34.3 Å². The normalized spacial score (nSPS) is 19.0. The van der Waals surface area contributed by atoms with Crippen LogP contribution in [0.2, 0.25) is 0 Å². The summed E-state index contributed by atoms with van der Waals surface area (Å²) in [4.78, 5) is 23.9. The minimum atomic E-state index is -0.707. The van der Waals surface area contributed by atoms with Crippen LogP contribution in [0.1, 0.15) is 18.4 Å². The molecule has 1 aliphatic rings. The van der Waals surface area contributed by atoms with E-state index in [1.165, 1.54) is 7.11 Å². The monoisotopic (exact) mass is 355 g/mol. The van der Waals surface area contributed by atoms with E-state index in [1.54, 1.807) is 0 Å². The van der Waals surface area contributed by atoms with E-state index in [1.807, 2.05) is 24.3 Å². The van der Waals surface area contributed by atoms with Gasteiger partial charge < -0.3 is 14.8 Å². The maximum atomic E-state index is 12.1. The lowest BCUT2D eigenvalue weighted by atomic mass is 10.1. The minimum absolute atomic E-state index is 0.252. The predicted octanol–water partition coefficient (Wildman–Crippen LogP) is 1.83. The summed E-state index contributed by atoms with van der Waals surface area (Å²) in [5, 5.41) is 2.72. The molecule has 0 spiro atoms. The number of hydrogen-bond donors (Lipinski definition) is 1. The summed E-state index contributed by atoms with van der Waals surface area (Å²) in [5.74, 6) is -0.709. The van der Waals surface area contributed by atoms with Crippen LogP contribution >= 0.6 is 15.9 Å². The first-order valence-electron chi connectivity index (χ1n) is 6.84. The molecule has 5 nitrogen and oxygen atoms in total. The Kier molecular flexibility index (Phi) is 5.76. The van der Waals surface area contributed by atoms with Crippen molar-refractivity contribution in [2.45, 2.75) is 31.4 Å². The number of halogens is 1. The highest BCUT2D eigenvalue weighted by Crippen LogP contribution is 2.15. The molecule has 1 N–H and O–H groups in total. The number of carbonyl (C=O) groups is 2. The van der Waals surface area contributed by atoms with Gasteiger partial charge in [0.2, 0.25) is 5.91 Å². The Labute approximate surface area is 132 Å². The Morgan fingerprint density at radius 1 is 1.52 bits per heavy atom. The molecular weight excluding hydrogens is 338 g/mol. The van der Waals surface area contributed by atoms with E-state index in [0.717, 1.165) is 16.5 Å². The molecule has 21 heavy (non-hydrogen) atoms. The van der Waals surface area contributed by atoms with E-state index in [2.05, 4.69) is 21.2 Å². The van der Waals surface area contributed by atoms with Crippen LogP contribution in [0.5, 0.6) is 0 Å². The van der Waals surface area contributed by atoms with Gasteiger partial charge in [-0.2, -0.15) is 0 Å². The molecule has 0 unspecified atom stereocenters. The highest BCUT2D eigenvalue weighted by Gasteiger charge is 2.28. The van der Waals surface area contributed by atoms with Crippen LogP contribution in [0, 0.1) is 0 Å². The number of hydrogen-bond acceptors (Lipinski definition) is 4. The van der Waals surface area contributed by atoms with Crippen LogP contribution in [0.4, 0.5) is 0 Å². The van der Waals surface area contributed by atoms with Crippen molar-refractivity contribution in [1.29, 1.82) is 0 Å². The van der Waals surface area contributed by atoms with Crippen LogP contribution in [0.3, 0.4) is 0 Å². The number of ether oxygens (including phenoxy) is 2. The molecule has 2 rings (SSSR count). The summed E-state index contributed by atoms with van der Waals surface area (Å²) in [5.41, 5.74) is 0.937. The molecule has 0 aliphatic carbocycles. The Hall–Kier alpha value is -1.40. The van der Waals surface area contributed by atoms with Gasteiger partial charge in [-0.1, -0.05) is 28.1 Å². The van der Waals surface area contributed by atoms with E-state index in [0.29, 0.717) is 19.4 Å². The van der Waals surface area contributed by atoms with Gasteiger partial charge in [0, 0.05) is 17.5 Å². The summed E-state index contributed by atoms with van der Waals surface area (Å²) >= 11 is 3.39. The lowest BCUT2D eigenvalue weighted by Crippen LogP contribution is -2.47. The number of nitrogens with one attached hydrogen (secondary N) is 1. The van der Waals surface area contributed by atoms with Crippen molar-refractivity contribution in [3.63, 3.8) is 0 Å². The van der Waals surface area contributed by atoms with Crippen molar-refractivity contribution >= 4 is 27.8 Å². The largest absolute Gasteiger partial charge is 0.467 e. The van der Waals surface area contributed by atoms with E-state index >= 15 is 0 Å². The van der Waals surface area contributed by atoms with Gasteiger partial charge in [0.05, 0.1) is 7.11 Å². The molecule has 1 saturated heterocycles. The molecular formula is C15H18BrNO4. The van der Waals surface area contributed by atoms with E-state index in [9.17, 15) is 9.59 Å². The van der Waals surface area contributed by atoms with E-state index in [-0.39, 0.29) is 5.91 Å². The van der Waals surface area contributed by atoms with Crippen molar-refractivity contribution in [2.24, 2.45) is 0 Å². The van der Waals surface area contributed by atoms with Crippen LogP contribution in [-0.4, -0.2) is 37.7 Å². The average molecular weight is 356 g/mol. The Morgan fingerprint density at radius 3 is 2.95 bits per heavy atom. The maximum Gasteiger partial charge on any atom is 0.328 e. The fraction of sp³-hybridized carbons (Fsp3) is 0.467. The lowest BCUT2D eigenvalue weighted by Gasteiger charge is -2.19. The quantitative estimate of drug-likeness (QED) is 0.818. The third-order valence-electron chi connectivity index (χ3n) is 3.35. The number of carbonyl (C=O) groups excluding carboxylic acids is 2. The average Bonchev–Trinajstić information content (AvgIpc) is 3.00. The van der Waals surface area contributed by atoms with Crippen LogP contribution in [0.15, 0.2) is 28.7 Å². The van der Waals surface area contributed by atoms with Crippen molar-refractivity contribution in [3.8, 4) is 0 Å². The summed E-state index contributed by atoms with van der Waals surface area (Å²) < 4.78 is 11.0. The van der Waals surface area contributed by atoms with Gasteiger partial charge in [-0.05, 0) is 30.5 Å². The zero-order valence-electron chi connectivity index (χ0n) is 11.8. The van der Waals surface area contributed by atoms with Crippen LogP contribution in [-0.2, 0) is 25.5 Å². The summed E-state index contributed by atoms with van der Waals surface area (Å²) in [6.45, 7) is 0.590.